The maximum atomic E-state index is 14.5. The summed E-state index contributed by atoms with van der Waals surface area (Å²) in [5.74, 6) is -4.17. The fourth-order valence-electron chi connectivity index (χ4n) is 3.53. The van der Waals surface area contributed by atoms with Crippen LogP contribution in [0.4, 0.5) is 14.5 Å². The molecule has 2 heterocycles. The average Bonchev–Trinajstić information content (AvgIpc) is 3.10. The van der Waals surface area contributed by atoms with Crippen LogP contribution in [0.5, 0.6) is 5.75 Å². The number of phenols is 1. The summed E-state index contributed by atoms with van der Waals surface area (Å²) in [4.78, 5) is 25.0. The number of phenolic OH excluding ortho intramolecular Hbond substituents is 1. The highest BCUT2D eigenvalue weighted by molar-refractivity contribution is 6.07. The van der Waals surface area contributed by atoms with E-state index in [4.69, 9.17) is 0 Å². The van der Waals surface area contributed by atoms with Gasteiger partial charge in [-0.3, -0.25) is 14.7 Å². The zero-order chi connectivity index (χ0) is 20.7. The molecule has 0 aliphatic carbocycles. The van der Waals surface area contributed by atoms with E-state index >= 15 is 0 Å². The molecule has 4 N–H and O–H groups in total. The summed E-state index contributed by atoms with van der Waals surface area (Å²) >= 11 is 0. The number of aromatic nitrogens is 2. The number of hydrogen-bond donors (Lipinski definition) is 4. The minimum absolute atomic E-state index is 0.00936. The standard InChI is InChI=1S/C20H16F2N4O3/c1-9-18(12(6-17(28)24-9)11-3-2-4-16(27)19(11)22)20(29)25-15-5-10-8-23-26-14(10)7-13(15)21/h2-5,7-8,12,27H,6H2,1H3,(H,23,26)(H,24,28)(H,25,29). The Balaban J connectivity index is 1.73. The molecule has 2 aromatic carbocycles. The van der Waals surface area contributed by atoms with E-state index in [-0.39, 0.29) is 28.9 Å². The van der Waals surface area contributed by atoms with E-state index in [1.165, 1.54) is 43.5 Å². The lowest BCUT2D eigenvalue weighted by atomic mass is 9.83. The Morgan fingerprint density at radius 3 is 2.90 bits per heavy atom. The van der Waals surface area contributed by atoms with Crippen LogP contribution in [0.25, 0.3) is 10.9 Å². The van der Waals surface area contributed by atoms with Crippen LogP contribution in [0.1, 0.15) is 24.8 Å². The molecule has 0 bridgehead atoms. The van der Waals surface area contributed by atoms with Gasteiger partial charge in [0, 0.05) is 35.1 Å². The van der Waals surface area contributed by atoms with Crippen molar-refractivity contribution in [2.45, 2.75) is 19.3 Å². The van der Waals surface area contributed by atoms with Crippen LogP contribution in [-0.4, -0.2) is 27.1 Å². The highest BCUT2D eigenvalue weighted by atomic mass is 19.1. The number of carbonyl (C=O) groups excluding carboxylic acids is 2. The molecule has 0 fully saturated rings. The molecule has 0 spiro atoms. The smallest absolute Gasteiger partial charge is 0.254 e. The van der Waals surface area contributed by atoms with E-state index in [0.717, 1.165) is 0 Å². The van der Waals surface area contributed by atoms with Crippen molar-refractivity contribution in [3.63, 3.8) is 0 Å². The van der Waals surface area contributed by atoms with Gasteiger partial charge in [-0.15, -0.1) is 0 Å². The molecule has 3 aromatic rings. The molecule has 1 aliphatic heterocycles. The van der Waals surface area contributed by atoms with Gasteiger partial charge in [-0.2, -0.15) is 5.10 Å². The maximum Gasteiger partial charge on any atom is 0.254 e. The third kappa shape index (κ3) is 3.31. The van der Waals surface area contributed by atoms with E-state index in [9.17, 15) is 23.5 Å². The lowest BCUT2D eigenvalue weighted by Gasteiger charge is -2.27. The van der Waals surface area contributed by atoms with Gasteiger partial charge in [0.2, 0.25) is 5.91 Å². The predicted octanol–water partition coefficient (Wildman–Crippen LogP) is 3.06. The van der Waals surface area contributed by atoms with Gasteiger partial charge >= 0.3 is 0 Å². The Bertz CT molecular complexity index is 1190. The quantitative estimate of drug-likeness (QED) is 0.544. The number of carbonyl (C=O) groups is 2. The number of allylic oxidation sites excluding steroid dienone is 1. The first kappa shape index (κ1) is 18.6. The van der Waals surface area contributed by atoms with Gasteiger partial charge in [0.15, 0.2) is 11.6 Å². The second kappa shape index (κ2) is 7.01. The first-order valence-corrected chi connectivity index (χ1v) is 8.77. The number of benzene rings is 2. The van der Waals surface area contributed by atoms with Crippen molar-refractivity contribution in [3.05, 3.63) is 65.0 Å². The van der Waals surface area contributed by atoms with E-state index in [1.807, 2.05) is 0 Å². The van der Waals surface area contributed by atoms with Gasteiger partial charge in [-0.1, -0.05) is 12.1 Å². The van der Waals surface area contributed by atoms with Crippen LogP contribution in [0.15, 0.2) is 47.8 Å². The summed E-state index contributed by atoms with van der Waals surface area (Å²) in [5, 5.41) is 21.8. The van der Waals surface area contributed by atoms with E-state index < -0.39 is 35.1 Å². The number of nitrogens with zero attached hydrogens (tertiary/aromatic N) is 1. The third-order valence-electron chi connectivity index (χ3n) is 4.87. The largest absolute Gasteiger partial charge is 0.505 e. The van der Waals surface area contributed by atoms with Crippen molar-refractivity contribution in [2.24, 2.45) is 0 Å². The number of halogens is 2. The molecule has 1 atom stereocenters. The summed E-state index contributed by atoms with van der Waals surface area (Å²) in [6.07, 6.45) is 1.30. The molecule has 0 saturated carbocycles. The predicted molar refractivity (Wildman–Crippen MR) is 101 cm³/mol. The third-order valence-corrected chi connectivity index (χ3v) is 4.87. The first-order chi connectivity index (χ1) is 13.8. The van der Waals surface area contributed by atoms with Crippen molar-refractivity contribution in [2.75, 3.05) is 5.32 Å². The van der Waals surface area contributed by atoms with Crippen molar-refractivity contribution < 1.29 is 23.5 Å². The van der Waals surface area contributed by atoms with Crippen molar-refractivity contribution >= 4 is 28.4 Å². The normalized spacial score (nSPS) is 16.8. The van der Waals surface area contributed by atoms with Crippen LogP contribution in [-0.2, 0) is 9.59 Å². The fraction of sp³-hybridized carbons (Fsp3) is 0.150. The first-order valence-electron chi connectivity index (χ1n) is 8.77. The highest BCUT2D eigenvalue weighted by Gasteiger charge is 2.34. The number of anilines is 1. The molecule has 2 amide bonds. The number of fused-ring (bicyclic) bond motifs is 1. The van der Waals surface area contributed by atoms with Crippen LogP contribution < -0.4 is 10.6 Å². The SMILES string of the molecule is CC1=C(C(=O)Nc2cc3cn[nH]c3cc2F)C(c2cccc(O)c2F)CC(=O)N1. The summed E-state index contributed by atoms with van der Waals surface area (Å²) in [7, 11) is 0. The number of rotatable bonds is 3. The van der Waals surface area contributed by atoms with Gasteiger partial charge in [0.25, 0.3) is 5.91 Å². The van der Waals surface area contributed by atoms with E-state index in [1.54, 1.807) is 0 Å². The summed E-state index contributed by atoms with van der Waals surface area (Å²) in [5.41, 5.74) is 0.726. The number of aromatic hydroxyl groups is 1. The molecule has 4 rings (SSSR count). The van der Waals surface area contributed by atoms with Gasteiger partial charge in [0.1, 0.15) is 5.82 Å². The Kier molecular flexibility index (Phi) is 4.50. The Morgan fingerprint density at radius 2 is 2.10 bits per heavy atom. The number of aromatic amines is 1. The maximum absolute atomic E-state index is 14.5. The van der Waals surface area contributed by atoms with Gasteiger partial charge in [-0.05, 0) is 24.6 Å². The lowest BCUT2D eigenvalue weighted by Crippen LogP contribution is -2.35. The highest BCUT2D eigenvalue weighted by Crippen LogP contribution is 2.37. The molecule has 9 heteroatoms. The van der Waals surface area contributed by atoms with E-state index in [0.29, 0.717) is 10.9 Å². The number of H-pyrrole nitrogens is 1. The van der Waals surface area contributed by atoms with Crippen molar-refractivity contribution in [3.8, 4) is 5.75 Å². The topological polar surface area (TPSA) is 107 Å². The van der Waals surface area contributed by atoms with Crippen LogP contribution >= 0.6 is 0 Å². The molecule has 29 heavy (non-hydrogen) atoms. The molecule has 0 saturated heterocycles. The minimum Gasteiger partial charge on any atom is -0.505 e. The van der Waals surface area contributed by atoms with Crippen LogP contribution in [0.3, 0.4) is 0 Å². The zero-order valence-electron chi connectivity index (χ0n) is 15.2. The van der Waals surface area contributed by atoms with Gasteiger partial charge in [-0.25, -0.2) is 8.78 Å². The molecule has 1 unspecified atom stereocenters. The number of hydrogen-bond acceptors (Lipinski definition) is 4. The molecular weight excluding hydrogens is 382 g/mol. The minimum atomic E-state index is -0.934. The Labute approximate surface area is 163 Å². The molecule has 1 aliphatic rings. The van der Waals surface area contributed by atoms with Crippen molar-refractivity contribution in [1.82, 2.24) is 15.5 Å². The summed E-state index contributed by atoms with van der Waals surface area (Å²) in [6, 6.07) is 6.63. The lowest BCUT2D eigenvalue weighted by molar-refractivity contribution is -0.121. The molecule has 148 valence electrons. The second-order valence-corrected chi connectivity index (χ2v) is 6.77. The number of nitrogens with one attached hydrogen (secondary N) is 3. The molecule has 0 radical (unpaired) electrons. The molecule has 1 aromatic heterocycles. The Morgan fingerprint density at radius 1 is 1.31 bits per heavy atom. The van der Waals surface area contributed by atoms with Crippen LogP contribution in [0.2, 0.25) is 0 Å². The second-order valence-electron chi connectivity index (χ2n) is 6.77. The van der Waals surface area contributed by atoms with E-state index in [2.05, 4.69) is 20.8 Å². The summed E-state index contributed by atoms with van der Waals surface area (Å²) in [6.45, 7) is 1.51. The van der Waals surface area contributed by atoms with Gasteiger partial charge in [0.05, 0.1) is 17.4 Å². The number of amides is 2. The van der Waals surface area contributed by atoms with Crippen LogP contribution in [0, 0.1) is 11.6 Å². The Hall–Kier alpha value is -3.75. The average molecular weight is 398 g/mol. The molecular formula is C20H16F2N4O3. The zero-order valence-corrected chi connectivity index (χ0v) is 15.2. The fourth-order valence-corrected chi connectivity index (χ4v) is 3.53. The van der Waals surface area contributed by atoms with Crippen molar-refractivity contribution in [1.29, 1.82) is 0 Å². The monoisotopic (exact) mass is 398 g/mol. The van der Waals surface area contributed by atoms with Gasteiger partial charge < -0.3 is 15.7 Å². The molecule has 7 nitrogen and oxygen atoms in total. The summed E-state index contributed by atoms with van der Waals surface area (Å²) < 4.78 is 28.9.